The average Bonchev–Trinajstić information content (AvgIpc) is 3.32. The van der Waals surface area contributed by atoms with Crippen molar-refractivity contribution >= 4 is 12.0 Å². The van der Waals surface area contributed by atoms with Crippen LogP contribution in [0.3, 0.4) is 0 Å². The summed E-state index contributed by atoms with van der Waals surface area (Å²) in [6.07, 6.45) is 9.63. The molecule has 1 saturated heterocycles. The number of allylic oxidation sites excluding steroid dienone is 1. The third-order valence-electron chi connectivity index (χ3n) is 7.34. The molecule has 0 radical (unpaired) electrons. The van der Waals surface area contributed by atoms with Crippen molar-refractivity contribution in [1.29, 1.82) is 0 Å². The smallest absolute Gasteiger partial charge is 0.258 e. The first-order valence-corrected chi connectivity index (χ1v) is 11.6. The summed E-state index contributed by atoms with van der Waals surface area (Å²) in [5, 5.41) is 13.4. The summed E-state index contributed by atoms with van der Waals surface area (Å²) in [7, 11) is 0. The number of amides is 1. The number of nitrogens with one attached hydrogen (secondary N) is 1. The van der Waals surface area contributed by atoms with Crippen LogP contribution in [0, 0.1) is 17.8 Å². The van der Waals surface area contributed by atoms with Gasteiger partial charge in [-0.15, -0.1) is 0 Å². The zero-order chi connectivity index (χ0) is 21.3. The van der Waals surface area contributed by atoms with Crippen LogP contribution < -0.4 is 10.9 Å². The molecule has 1 amide bonds. The van der Waals surface area contributed by atoms with Crippen LogP contribution in [0.25, 0.3) is 6.08 Å². The highest BCUT2D eigenvalue weighted by molar-refractivity contribution is 5.80. The molecule has 2 bridgehead atoms. The lowest BCUT2D eigenvalue weighted by Gasteiger charge is -2.39. The van der Waals surface area contributed by atoms with E-state index < -0.39 is 0 Å². The molecule has 2 aliphatic heterocycles. The lowest BCUT2D eigenvalue weighted by Crippen LogP contribution is -2.48. The standard InChI is InChI=1S/C24H35N3O3/c1-3-7-17-10-11-19-22-21(23(29)25-12-4-2)18(15-28)20(14-27(19)24(17)30)26(22)13-16-8-5-6-9-16/h3,7,10-11,16,18,20-22,28H,4-6,8-9,12-15H2,1-2H3,(H,25,29)/b7-3+/t18-,20-,21+,22+/m1/s1. The van der Waals surface area contributed by atoms with E-state index in [1.165, 1.54) is 25.7 Å². The molecular weight excluding hydrogens is 378 g/mol. The van der Waals surface area contributed by atoms with Crippen LogP contribution >= 0.6 is 0 Å². The molecule has 1 aromatic heterocycles. The highest BCUT2D eigenvalue weighted by Gasteiger charge is 2.55. The number of nitrogens with zero attached hydrogens (tertiary/aromatic N) is 2. The van der Waals surface area contributed by atoms with Crippen molar-refractivity contribution in [1.82, 2.24) is 14.8 Å². The van der Waals surface area contributed by atoms with Gasteiger partial charge in [-0.1, -0.05) is 31.9 Å². The maximum absolute atomic E-state index is 13.2. The molecule has 2 fully saturated rings. The van der Waals surface area contributed by atoms with Gasteiger partial charge in [0.25, 0.3) is 5.56 Å². The largest absolute Gasteiger partial charge is 0.396 e. The van der Waals surface area contributed by atoms with Crippen molar-refractivity contribution in [3.05, 3.63) is 39.8 Å². The number of pyridine rings is 1. The van der Waals surface area contributed by atoms with Gasteiger partial charge in [0.05, 0.1) is 12.0 Å². The quantitative estimate of drug-likeness (QED) is 0.721. The molecule has 6 heteroatoms. The summed E-state index contributed by atoms with van der Waals surface area (Å²) in [6.45, 7) is 6.06. The summed E-state index contributed by atoms with van der Waals surface area (Å²) in [4.78, 5) is 28.8. The average molecular weight is 414 g/mol. The van der Waals surface area contributed by atoms with Crippen LogP contribution in [-0.2, 0) is 11.3 Å². The Hall–Kier alpha value is -1.92. The Bertz CT molecular complexity index is 856. The van der Waals surface area contributed by atoms with E-state index in [4.69, 9.17) is 0 Å². The fraction of sp³-hybridized carbons (Fsp3) is 0.667. The highest BCUT2D eigenvalue weighted by atomic mass is 16.3. The Morgan fingerprint density at radius 3 is 2.73 bits per heavy atom. The van der Waals surface area contributed by atoms with Crippen LogP contribution in [0.1, 0.15) is 63.3 Å². The van der Waals surface area contributed by atoms with E-state index in [1.807, 2.05) is 42.7 Å². The van der Waals surface area contributed by atoms with E-state index in [0.29, 0.717) is 24.6 Å². The third-order valence-corrected chi connectivity index (χ3v) is 7.34. The van der Waals surface area contributed by atoms with Gasteiger partial charge in [0.2, 0.25) is 5.91 Å². The second-order valence-corrected chi connectivity index (χ2v) is 9.15. The maximum atomic E-state index is 13.2. The first-order valence-electron chi connectivity index (χ1n) is 11.6. The van der Waals surface area contributed by atoms with Crippen molar-refractivity contribution in [2.45, 2.75) is 64.6 Å². The van der Waals surface area contributed by atoms with Crippen LogP contribution in [0.15, 0.2) is 23.0 Å². The topological polar surface area (TPSA) is 74.6 Å². The van der Waals surface area contributed by atoms with Crippen molar-refractivity contribution < 1.29 is 9.90 Å². The fourth-order valence-electron chi connectivity index (χ4n) is 5.95. The molecule has 0 spiro atoms. The normalized spacial score (nSPS) is 28.9. The van der Waals surface area contributed by atoms with Crippen LogP contribution in [0.2, 0.25) is 0 Å². The van der Waals surface area contributed by atoms with Crippen LogP contribution in [-0.4, -0.2) is 46.2 Å². The van der Waals surface area contributed by atoms with E-state index >= 15 is 0 Å². The second kappa shape index (κ2) is 9.06. The lowest BCUT2D eigenvalue weighted by molar-refractivity contribution is -0.127. The number of carbonyl (C=O) groups excluding carboxylic acids is 1. The molecule has 4 atom stereocenters. The van der Waals surface area contributed by atoms with E-state index in [-0.39, 0.29) is 42.0 Å². The van der Waals surface area contributed by atoms with Gasteiger partial charge in [0.1, 0.15) is 0 Å². The number of fused-ring (bicyclic) bond motifs is 4. The molecule has 1 aromatic rings. The number of aliphatic hydroxyl groups excluding tert-OH is 1. The predicted molar refractivity (Wildman–Crippen MR) is 118 cm³/mol. The second-order valence-electron chi connectivity index (χ2n) is 9.15. The molecular formula is C24H35N3O3. The van der Waals surface area contributed by atoms with E-state index in [0.717, 1.165) is 18.7 Å². The van der Waals surface area contributed by atoms with E-state index in [1.54, 1.807) is 0 Å². The lowest BCUT2D eigenvalue weighted by atomic mass is 9.86. The molecule has 0 aromatic carbocycles. The van der Waals surface area contributed by atoms with Gasteiger partial charge < -0.3 is 15.0 Å². The number of aliphatic hydroxyl groups is 1. The molecule has 1 saturated carbocycles. The Kier molecular flexibility index (Phi) is 6.44. The predicted octanol–water partition coefficient (Wildman–Crippen LogP) is 2.56. The van der Waals surface area contributed by atoms with Crippen LogP contribution in [0.4, 0.5) is 0 Å². The number of hydrogen-bond acceptors (Lipinski definition) is 4. The highest BCUT2D eigenvalue weighted by Crippen LogP contribution is 2.49. The molecule has 30 heavy (non-hydrogen) atoms. The van der Waals surface area contributed by atoms with E-state index in [2.05, 4.69) is 10.2 Å². The minimum absolute atomic E-state index is 0.00687. The van der Waals surface area contributed by atoms with E-state index in [9.17, 15) is 14.7 Å². The minimum Gasteiger partial charge on any atom is -0.396 e. The van der Waals surface area contributed by atoms with Gasteiger partial charge in [0, 0.05) is 49.5 Å². The Balaban J connectivity index is 1.76. The Morgan fingerprint density at radius 1 is 1.30 bits per heavy atom. The van der Waals surface area contributed by atoms with Gasteiger partial charge in [0.15, 0.2) is 0 Å². The summed E-state index contributed by atoms with van der Waals surface area (Å²) in [5.74, 6) is 0.178. The monoisotopic (exact) mass is 413 g/mol. The first-order chi connectivity index (χ1) is 14.6. The SMILES string of the molecule is C/C=C/c1ccc2n(c1=O)C[C@@H]1[C@@H](CO)[C@H](C(=O)NCCC)[C@H]2N1CC1CCCC1. The number of hydrogen-bond donors (Lipinski definition) is 2. The zero-order valence-corrected chi connectivity index (χ0v) is 18.2. The molecule has 3 aliphatic rings. The fourth-order valence-corrected chi connectivity index (χ4v) is 5.95. The Morgan fingerprint density at radius 2 is 2.07 bits per heavy atom. The summed E-state index contributed by atoms with van der Waals surface area (Å²) < 4.78 is 1.87. The summed E-state index contributed by atoms with van der Waals surface area (Å²) >= 11 is 0. The molecule has 4 rings (SSSR count). The summed E-state index contributed by atoms with van der Waals surface area (Å²) in [5.41, 5.74) is 1.61. The molecule has 164 valence electrons. The first kappa shape index (κ1) is 21.3. The minimum atomic E-state index is -0.325. The van der Waals surface area contributed by atoms with Gasteiger partial charge >= 0.3 is 0 Å². The number of aromatic nitrogens is 1. The zero-order valence-electron chi connectivity index (χ0n) is 18.2. The molecule has 1 aliphatic carbocycles. The molecule has 3 heterocycles. The molecule has 0 unspecified atom stereocenters. The van der Waals surface area contributed by atoms with Crippen molar-refractivity contribution in [3.8, 4) is 0 Å². The van der Waals surface area contributed by atoms with Crippen molar-refractivity contribution in [2.75, 3.05) is 19.7 Å². The van der Waals surface area contributed by atoms with Crippen molar-refractivity contribution in [2.24, 2.45) is 17.8 Å². The molecule has 2 N–H and O–H groups in total. The number of rotatable bonds is 7. The molecule has 6 nitrogen and oxygen atoms in total. The summed E-state index contributed by atoms with van der Waals surface area (Å²) in [6, 6.07) is 3.78. The van der Waals surface area contributed by atoms with Gasteiger partial charge in [-0.25, -0.2) is 0 Å². The van der Waals surface area contributed by atoms with Crippen molar-refractivity contribution in [3.63, 3.8) is 0 Å². The van der Waals surface area contributed by atoms with Gasteiger partial charge in [-0.3, -0.25) is 14.5 Å². The third kappa shape index (κ3) is 3.65. The van der Waals surface area contributed by atoms with Gasteiger partial charge in [-0.05, 0) is 44.2 Å². The van der Waals surface area contributed by atoms with Gasteiger partial charge in [-0.2, -0.15) is 0 Å². The number of carbonyl (C=O) groups is 1. The maximum Gasteiger partial charge on any atom is 0.258 e. The Labute approximate surface area is 179 Å². The van der Waals surface area contributed by atoms with Crippen LogP contribution in [0.5, 0.6) is 0 Å².